The Morgan fingerprint density at radius 1 is 1.28 bits per heavy atom. The molecule has 1 heterocycles. The molecule has 1 N–H and O–H groups in total. The SMILES string of the molecule is CCCNCCC(C)N(Cc1cccs1)C(C)C. The van der Waals surface area contributed by atoms with Gasteiger partial charge in [0.25, 0.3) is 0 Å². The predicted octanol–water partition coefficient (Wildman–Crippen LogP) is 3.74. The third-order valence-corrected chi connectivity index (χ3v) is 4.17. The monoisotopic (exact) mass is 268 g/mol. The van der Waals surface area contributed by atoms with E-state index in [1.165, 1.54) is 17.7 Å². The second-order valence-corrected chi connectivity index (χ2v) is 6.27. The molecular weight excluding hydrogens is 240 g/mol. The van der Waals surface area contributed by atoms with Crippen molar-refractivity contribution in [3.63, 3.8) is 0 Å². The Morgan fingerprint density at radius 2 is 2.06 bits per heavy atom. The van der Waals surface area contributed by atoms with Crippen LogP contribution in [0.2, 0.25) is 0 Å². The van der Waals surface area contributed by atoms with Gasteiger partial charge in [-0.05, 0) is 58.1 Å². The maximum atomic E-state index is 3.49. The summed E-state index contributed by atoms with van der Waals surface area (Å²) < 4.78 is 0. The van der Waals surface area contributed by atoms with Crippen molar-refractivity contribution < 1.29 is 0 Å². The summed E-state index contributed by atoms with van der Waals surface area (Å²) in [4.78, 5) is 4.07. The molecule has 104 valence electrons. The van der Waals surface area contributed by atoms with Gasteiger partial charge in [-0.3, -0.25) is 4.90 Å². The molecule has 0 aromatic carbocycles. The Bertz CT molecular complexity index is 295. The molecule has 1 unspecified atom stereocenters. The van der Waals surface area contributed by atoms with E-state index in [1.54, 1.807) is 0 Å². The van der Waals surface area contributed by atoms with Gasteiger partial charge in [-0.1, -0.05) is 13.0 Å². The molecule has 3 heteroatoms. The molecule has 1 aromatic heterocycles. The van der Waals surface area contributed by atoms with Crippen molar-refractivity contribution >= 4 is 11.3 Å². The van der Waals surface area contributed by atoms with Crippen LogP contribution in [0.25, 0.3) is 0 Å². The van der Waals surface area contributed by atoms with E-state index in [2.05, 4.69) is 55.4 Å². The number of nitrogens with one attached hydrogen (secondary N) is 1. The van der Waals surface area contributed by atoms with Crippen LogP contribution in [0.1, 0.15) is 45.4 Å². The van der Waals surface area contributed by atoms with Gasteiger partial charge in [0.1, 0.15) is 0 Å². The Balaban J connectivity index is 2.40. The molecule has 0 aliphatic heterocycles. The number of rotatable bonds is 9. The van der Waals surface area contributed by atoms with E-state index in [1.807, 2.05) is 11.3 Å². The standard InChI is InChI=1S/C15H28N2S/c1-5-9-16-10-8-14(4)17(13(2)3)12-15-7-6-11-18-15/h6-7,11,13-14,16H,5,8-10,12H2,1-4H3. The van der Waals surface area contributed by atoms with Gasteiger partial charge in [-0.2, -0.15) is 0 Å². The summed E-state index contributed by atoms with van der Waals surface area (Å²) in [5, 5.41) is 5.66. The van der Waals surface area contributed by atoms with E-state index >= 15 is 0 Å². The molecule has 1 aromatic rings. The molecule has 0 aliphatic carbocycles. The quantitative estimate of drug-likeness (QED) is 0.686. The summed E-state index contributed by atoms with van der Waals surface area (Å²) in [6.07, 6.45) is 2.45. The van der Waals surface area contributed by atoms with E-state index in [9.17, 15) is 0 Å². The fourth-order valence-corrected chi connectivity index (χ4v) is 2.92. The lowest BCUT2D eigenvalue weighted by atomic mass is 10.1. The maximum Gasteiger partial charge on any atom is 0.0333 e. The number of hydrogen-bond donors (Lipinski definition) is 1. The van der Waals surface area contributed by atoms with E-state index in [0.717, 1.165) is 19.6 Å². The van der Waals surface area contributed by atoms with Crippen LogP contribution in [0.5, 0.6) is 0 Å². The zero-order valence-corrected chi connectivity index (χ0v) is 13.1. The Kier molecular flexibility index (Phi) is 7.56. The van der Waals surface area contributed by atoms with Crippen LogP contribution in [0.4, 0.5) is 0 Å². The predicted molar refractivity (Wildman–Crippen MR) is 82.2 cm³/mol. The highest BCUT2D eigenvalue weighted by Gasteiger charge is 2.17. The fourth-order valence-electron chi connectivity index (χ4n) is 2.21. The highest BCUT2D eigenvalue weighted by Crippen LogP contribution is 2.17. The first-order valence-electron chi connectivity index (χ1n) is 7.14. The van der Waals surface area contributed by atoms with Crippen LogP contribution in [-0.4, -0.2) is 30.1 Å². The van der Waals surface area contributed by atoms with Gasteiger partial charge in [-0.15, -0.1) is 11.3 Å². The van der Waals surface area contributed by atoms with Gasteiger partial charge in [0, 0.05) is 23.5 Å². The smallest absolute Gasteiger partial charge is 0.0333 e. The van der Waals surface area contributed by atoms with E-state index < -0.39 is 0 Å². The summed E-state index contributed by atoms with van der Waals surface area (Å²) in [6, 6.07) is 5.62. The van der Waals surface area contributed by atoms with Crippen LogP contribution in [0.3, 0.4) is 0 Å². The largest absolute Gasteiger partial charge is 0.317 e. The first-order valence-corrected chi connectivity index (χ1v) is 8.02. The maximum absolute atomic E-state index is 3.49. The normalized spacial score (nSPS) is 13.4. The van der Waals surface area contributed by atoms with Crippen molar-refractivity contribution in [3.05, 3.63) is 22.4 Å². The summed E-state index contributed by atoms with van der Waals surface area (Å²) in [5.41, 5.74) is 0. The van der Waals surface area contributed by atoms with Crippen molar-refractivity contribution in [2.24, 2.45) is 0 Å². The molecule has 0 saturated carbocycles. The average Bonchev–Trinajstić information content (AvgIpc) is 2.84. The van der Waals surface area contributed by atoms with E-state index in [4.69, 9.17) is 0 Å². The number of hydrogen-bond acceptors (Lipinski definition) is 3. The lowest BCUT2D eigenvalue weighted by Gasteiger charge is -2.32. The Morgan fingerprint density at radius 3 is 2.61 bits per heavy atom. The fraction of sp³-hybridized carbons (Fsp3) is 0.733. The van der Waals surface area contributed by atoms with Gasteiger partial charge in [0.15, 0.2) is 0 Å². The summed E-state index contributed by atoms with van der Waals surface area (Å²) in [6.45, 7) is 12.5. The Labute approximate surface area is 116 Å². The number of nitrogens with zero attached hydrogens (tertiary/aromatic N) is 1. The van der Waals surface area contributed by atoms with Gasteiger partial charge in [0.05, 0.1) is 0 Å². The molecule has 0 spiro atoms. The lowest BCUT2D eigenvalue weighted by molar-refractivity contribution is 0.148. The first-order chi connectivity index (χ1) is 8.65. The molecule has 0 bridgehead atoms. The van der Waals surface area contributed by atoms with Crippen molar-refractivity contribution in [1.29, 1.82) is 0 Å². The zero-order chi connectivity index (χ0) is 13.4. The minimum atomic E-state index is 0.605. The highest BCUT2D eigenvalue weighted by atomic mass is 32.1. The molecule has 0 aliphatic rings. The summed E-state index contributed by atoms with van der Waals surface area (Å²) >= 11 is 1.86. The summed E-state index contributed by atoms with van der Waals surface area (Å²) in [7, 11) is 0. The first kappa shape index (κ1) is 15.7. The van der Waals surface area contributed by atoms with Crippen molar-refractivity contribution in [1.82, 2.24) is 10.2 Å². The second-order valence-electron chi connectivity index (χ2n) is 5.23. The number of thiophene rings is 1. The van der Waals surface area contributed by atoms with Crippen molar-refractivity contribution in [2.45, 2.75) is 59.2 Å². The Hall–Kier alpha value is -0.380. The van der Waals surface area contributed by atoms with Gasteiger partial charge < -0.3 is 5.32 Å². The average molecular weight is 268 g/mol. The zero-order valence-electron chi connectivity index (χ0n) is 12.3. The lowest BCUT2D eigenvalue weighted by Crippen LogP contribution is -2.39. The minimum Gasteiger partial charge on any atom is -0.317 e. The van der Waals surface area contributed by atoms with Crippen LogP contribution in [0, 0.1) is 0 Å². The summed E-state index contributed by atoms with van der Waals surface area (Å²) in [5.74, 6) is 0. The molecular formula is C15H28N2S. The van der Waals surface area contributed by atoms with Gasteiger partial charge in [-0.25, -0.2) is 0 Å². The van der Waals surface area contributed by atoms with Crippen molar-refractivity contribution in [2.75, 3.05) is 13.1 Å². The molecule has 1 atom stereocenters. The molecule has 0 fully saturated rings. The molecule has 2 nitrogen and oxygen atoms in total. The third-order valence-electron chi connectivity index (χ3n) is 3.31. The second kappa shape index (κ2) is 8.68. The van der Waals surface area contributed by atoms with Crippen LogP contribution in [-0.2, 0) is 6.54 Å². The van der Waals surface area contributed by atoms with Crippen LogP contribution in [0.15, 0.2) is 17.5 Å². The highest BCUT2D eigenvalue weighted by molar-refractivity contribution is 7.09. The minimum absolute atomic E-state index is 0.605. The van der Waals surface area contributed by atoms with Crippen LogP contribution >= 0.6 is 11.3 Å². The molecule has 0 saturated heterocycles. The van der Waals surface area contributed by atoms with E-state index in [-0.39, 0.29) is 0 Å². The van der Waals surface area contributed by atoms with Gasteiger partial charge in [0.2, 0.25) is 0 Å². The van der Waals surface area contributed by atoms with Crippen LogP contribution < -0.4 is 5.32 Å². The molecule has 0 amide bonds. The third kappa shape index (κ3) is 5.51. The molecule has 18 heavy (non-hydrogen) atoms. The topological polar surface area (TPSA) is 15.3 Å². The molecule has 0 radical (unpaired) electrons. The van der Waals surface area contributed by atoms with Gasteiger partial charge >= 0.3 is 0 Å². The van der Waals surface area contributed by atoms with Crippen molar-refractivity contribution in [3.8, 4) is 0 Å². The molecule has 1 rings (SSSR count). The van der Waals surface area contributed by atoms with E-state index in [0.29, 0.717) is 12.1 Å².